The molecule has 0 bridgehead atoms. The number of likely N-dealkylation sites (N-methyl/N-ethyl adjacent to an activating group) is 1. The van der Waals surface area contributed by atoms with Gasteiger partial charge in [0.1, 0.15) is 0 Å². The fourth-order valence-corrected chi connectivity index (χ4v) is 4.65. The van der Waals surface area contributed by atoms with Crippen molar-refractivity contribution in [2.75, 3.05) is 19.6 Å². The van der Waals surface area contributed by atoms with Gasteiger partial charge in [0.25, 0.3) is 0 Å². The average Bonchev–Trinajstić information content (AvgIpc) is 2.67. The first-order valence-corrected chi connectivity index (χ1v) is 9.53. The number of hydrogen-bond donors (Lipinski definition) is 1. The maximum absolute atomic E-state index is 3.78. The minimum Gasteiger partial charge on any atom is -0.313 e. The summed E-state index contributed by atoms with van der Waals surface area (Å²) in [5.41, 5.74) is 0.533. The number of likely N-dealkylation sites (tertiary alicyclic amines) is 1. The Morgan fingerprint density at radius 1 is 1.10 bits per heavy atom. The Bertz CT molecular complexity index is 300. The number of nitrogens with zero attached hydrogens (tertiary/aromatic N) is 1. The van der Waals surface area contributed by atoms with Gasteiger partial charge in [-0.2, -0.15) is 0 Å². The zero-order valence-electron chi connectivity index (χ0n) is 15.0. The number of nitrogens with one attached hydrogen (secondary N) is 1. The lowest BCUT2D eigenvalue weighted by molar-refractivity contribution is 0.0668. The normalized spacial score (nSPS) is 34.6. The molecule has 2 heteroatoms. The molecule has 1 saturated carbocycles. The van der Waals surface area contributed by atoms with Crippen molar-refractivity contribution in [1.82, 2.24) is 10.2 Å². The molecular formula is C19H38N2. The summed E-state index contributed by atoms with van der Waals surface area (Å²) in [6.45, 7) is 13.3. The first-order chi connectivity index (χ1) is 10.1. The van der Waals surface area contributed by atoms with E-state index in [2.05, 4.69) is 37.9 Å². The van der Waals surface area contributed by atoms with Gasteiger partial charge in [0.15, 0.2) is 0 Å². The van der Waals surface area contributed by atoms with Gasteiger partial charge in [-0.15, -0.1) is 0 Å². The van der Waals surface area contributed by atoms with Crippen molar-refractivity contribution in [1.29, 1.82) is 0 Å². The molecule has 2 aliphatic rings. The van der Waals surface area contributed by atoms with E-state index >= 15 is 0 Å². The van der Waals surface area contributed by atoms with Crippen LogP contribution in [0.25, 0.3) is 0 Å². The third-order valence-corrected chi connectivity index (χ3v) is 5.87. The standard InChI is InChI=1S/C19H38N2/c1-5-8-16-9-7-13-21(14-11-16)18-15-19(3,4)12-10-17(18)20-6-2/h16-18,20H,5-15H2,1-4H3. The van der Waals surface area contributed by atoms with Crippen molar-refractivity contribution >= 4 is 0 Å². The monoisotopic (exact) mass is 294 g/mol. The summed E-state index contributed by atoms with van der Waals surface area (Å²) in [6, 6.07) is 1.50. The second kappa shape index (κ2) is 7.97. The third-order valence-electron chi connectivity index (χ3n) is 5.87. The van der Waals surface area contributed by atoms with Crippen molar-refractivity contribution in [3.05, 3.63) is 0 Å². The quantitative estimate of drug-likeness (QED) is 0.806. The Labute approximate surface area is 133 Å². The number of hydrogen-bond acceptors (Lipinski definition) is 2. The van der Waals surface area contributed by atoms with Crippen LogP contribution in [-0.2, 0) is 0 Å². The van der Waals surface area contributed by atoms with Gasteiger partial charge in [0.05, 0.1) is 0 Å². The lowest BCUT2D eigenvalue weighted by Gasteiger charge is -2.46. The second-order valence-corrected chi connectivity index (χ2v) is 8.26. The van der Waals surface area contributed by atoms with E-state index in [0.29, 0.717) is 5.41 Å². The van der Waals surface area contributed by atoms with E-state index in [1.807, 2.05) is 0 Å². The van der Waals surface area contributed by atoms with Crippen LogP contribution >= 0.6 is 0 Å². The maximum atomic E-state index is 3.78. The molecule has 0 aromatic carbocycles. The summed E-state index contributed by atoms with van der Waals surface area (Å²) < 4.78 is 0. The van der Waals surface area contributed by atoms with Crippen LogP contribution in [0.2, 0.25) is 0 Å². The zero-order valence-corrected chi connectivity index (χ0v) is 15.0. The summed E-state index contributed by atoms with van der Waals surface area (Å²) in [5, 5.41) is 3.78. The minimum absolute atomic E-state index is 0.533. The Hall–Kier alpha value is -0.0800. The highest BCUT2D eigenvalue weighted by atomic mass is 15.2. The first-order valence-electron chi connectivity index (χ1n) is 9.53. The predicted molar refractivity (Wildman–Crippen MR) is 92.7 cm³/mol. The van der Waals surface area contributed by atoms with Crippen molar-refractivity contribution in [3.63, 3.8) is 0 Å². The summed E-state index contributed by atoms with van der Waals surface area (Å²) in [6.07, 6.45) is 11.2. The molecule has 2 nitrogen and oxygen atoms in total. The molecule has 1 heterocycles. The largest absolute Gasteiger partial charge is 0.313 e. The fourth-order valence-electron chi connectivity index (χ4n) is 4.65. The molecular weight excluding hydrogens is 256 g/mol. The van der Waals surface area contributed by atoms with Crippen molar-refractivity contribution in [3.8, 4) is 0 Å². The van der Waals surface area contributed by atoms with Gasteiger partial charge >= 0.3 is 0 Å². The van der Waals surface area contributed by atoms with Gasteiger partial charge in [-0.3, -0.25) is 4.90 Å². The van der Waals surface area contributed by atoms with Crippen LogP contribution in [0, 0.1) is 11.3 Å². The predicted octanol–water partition coefficient (Wildman–Crippen LogP) is 4.45. The lowest BCUT2D eigenvalue weighted by atomic mass is 9.72. The molecule has 3 unspecified atom stereocenters. The lowest BCUT2D eigenvalue weighted by Crippen LogP contribution is -2.55. The van der Waals surface area contributed by atoms with Crippen LogP contribution in [0.15, 0.2) is 0 Å². The summed E-state index contributed by atoms with van der Waals surface area (Å²) >= 11 is 0. The van der Waals surface area contributed by atoms with E-state index in [1.165, 1.54) is 64.5 Å². The molecule has 3 atom stereocenters. The smallest absolute Gasteiger partial charge is 0.0254 e. The molecule has 1 N–H and O–H groups in total. The average molecular weight is 295 g/mol. The maximum Gasteiger partial charge on any atom is 0.0254 e. The van der Waals surface area contributed by atoms with Gasteiger partial charge in [0, 0.05) is 12.1 Å². The summed E-state index contributed by atoms with van der Waals surface area (Å²) in [7, 11) is 0. The molecule has 0 amide bonds. The SMILES string of the molecule is CCCC1CCCN(C2CC(C)(C)CCC2NCC)CC1. The molecule has 124 valence electrons. The van der Waals surface area contributed by atoms with Crippen LogP contribution in [0.1, 0.15) is 79.1 Å². The fraction of sp³-hybridized carbons (Fsp3) is 1.00. The van der Waals surface area contributed by atoms with Crippen LogP contribution in [-0.4, -0.2) is 36.6 Å². The van der Waals surface area contributed by atoms with E-state index in [9.17, 15) is 0 Å². The Morgan fingerprint density at radius 2 is 1.90 bits per heavy atom. The second-order valence-electron chi connectivity index (χ2n) is 8.26. The van der Waals surface area contributed by atoms with Gasteiger partial charge in [-0.05, 0) is 69.5 Å². The van der Waals surface area contributed by atoms with E-state index in [1.54, 1.807) is 0 Å². The molecule has 0 aromatic heterocycles. The highest BCUT2D eigenvalue weighted by Crippen LogP contribution is 2.38. The molecule has 2 rings (SSSR count). The van der Waals surface area contributed by atoms with E-state index in [-0.39, 0.29) is 0 Å². The molecule has 1 saturated heterocycles. The van der Waals surface area contributed by atoms with Crippen molar-refractivity contribution < 1.29 is 0 Å². The topological polar surface area (TPSA) is 15.3 Å². The highest BCUT2D eigenvalue weighted by Gasteiger charge is 2.38. The van der Waals surface area contributed by atoms with Crippen molar-refractivity contribution in [2.45, 2.75) is 91.1 Å². The van der Waals surface area contributed by atoms with Crippen molar-refractivity contribution in [2.24, 2.45) is 11.3 Å². The van der Waals surface area contributed by atoms with Crippen LogP contribution in [0.3, 0.4) is 0 Å². The molecule has 1 aliphatic heterocycles. The van der Waals surface area contributed by atoms with Crippen LogP contribution in [0.4, 0.5) is 0 Å². The van der Waals surface area contributed by atoms with E-state index < -0.39 is 0 Å². The van der Waals surface area contributed by atoms with Crippen LogP contribution < -0.4 is 5.32 Å². The highest BCUT2D eigenvalue weighted by molar-refractivity contribution is 4.95. The Morgan fingerprint density at radius 3 is 2.62 bits per heavy atom. The molecule has 0 radical (unpaired) electrons. The van der Waals surface area contributed by atoms with Gasteiger partial charge < -0.3 is 5.32 Å². The molecule has 21 heavy (non-hydrogen) atoms. The van der Waals surface area contributed by atoms with Gasteiger partial charge in [0.2, 0.25) is 0 Å². The van der Waals surface area contributed by atoms with Gasteiger partial charge in [-0.25, -0.2) is 0 Å². The third kappa shape index (κ3) is 4.96. The molecule has 0 spiro atoms. The van der Waals surface area contributed by atoms with E-state index in [4.69, 9.17) is 0 Å². The Kier molecular flexibility index (Phi) is 6.55. The minimum atomic E-state index is 0.533. The van der Waals surface area contributed by atoms with Gasteiger partial charge in [-0.1, -0.05) is 40.5 Å². The summed E-state index contributed by atoms with van der Waals surface area (Å²) in [5.74, 6) is 0.995. The molecule has 0 aromatic rings. The molecule has 1 aliphatic carbocycles. The Balaban J connectivity index is 1.98. The number of rotatable bonds is 5. The zero-order chi connectivity index (χ0) is 15.3. The first kappa shape index (κ1) is 17.3. The van der Waals surface area contributed by atoms with E-state index in [0.717, 1.165) is 24.5 Å². The van der Waals surface area contributed by atoms with Crippen LogP contribution in [0.5, 0.6) is 0 Å². The summed E-state index contributed by atoms with van der Waals surface area (Å²) in [4.78, 5) is 2.85. The molecule has 2 fully saturated rings.